The van der Waals surface area contributed by atoms with Gasteiger partial charge in [-0.2, -0.15) is 0 Å². The average molecular weight is 197 g/mol. The minimum absolute atomic E-state index is 0.473. The Morgan fingerprint density at radius 3 is 2.36 bits per heavy atom. The van der Waals surface area contributed by atoms with Crippen LogP contribution in [0.15, 0.2) is 0 Å². The van der Waals surface area contributed by atoms with Crippen molar-refractivity contribution in [2.75, 3.05) is 7.05 Å². The maximum Gasteiger partial charge on any atom is 0.0182 e. The maximum atomic E-state index is 2.66. The van der Waals surface area contributed by atoms with Crippen LogP contribution in [0, 0.1) is 5.92 Å². The van der Waals surface area contributed by atoms with Crippen LogP contribution in [-0.2, 0) is 0 Å². The fraction of sp³-hybridized carbons (Fsp3) is 1.00. The molecule has 84 valence electrons. The van der Waals surface area contributed by atoms with E-state index in [0.717, 1.165) is 12.0 Å². The van der Waals surface area contributed by atoms with Crippen LogP contribution in [0.4, 0.5) is 0 Å². The summed E-state index contributed by atoms with van der Waals surface area (Å²) in [5, 5.41) is 0. The molecule has 1 heterocycles. The van der Waals surface area contributed by atoms with Crippen LogP contribution in [0.1, 0.15) is 59.8 Å². The van der Waals surface area contributed by atoms with E-state index in [0.29, 0.717) is 5.54 Å². The summed E-state index contributed by atoms with van der Waals surface area (Å²) < 4.78 is 0. The molecule has 0 aliphatic carbocycles. The second-order valence-corrected chi connectivity index (χ2v) is 5.19. The van der Waals surface area contributed by atoms with Gasteiger partial charge in [0.15, 0.2) is 0 Å². The Morgan fingerprint density at radius 2 is 1.93 bits per heavy atom. The van der Waals surface area contributed by atoms with Gasteiger partial charge in [0.1, 0.15) is 0 Å². The van der Waals surface area contributed by atoms with Gasteiger partial charge in [-0.25, -0.2) is 0 Å². The highest BCUT2D eigenvalue weighted by Gasteiger charge is 2.43. The minimum Gasteiger partial charge on any atom is -0.298 e. The second kappa shape index (κ2) is 4.65. The molecule has 1 rings (SSSR count). The largest absolute Gasteiger partial charge is 0.298 e. The van der Waals surface area contributed by atoms with Crippen LogP contribution >= 0.6 is 0 Å². The number of hydrogen-bond acceptors (Lipinski definition) is 1. The molecule has 1 heteroatoms. The number of rotatable bonds is 4. The topological polar surface area (TPSA) is 3.24 Å². The fourth-order valence-electron chi connectivity index (χ4n) is 3.10. The van der Waals surface area contributed by atoms with Gasteiger partial charge >= 0.3 is 0 Å². The molecular weight excluding hydrogens is 170 g/mol. The number of likely N-dealkylation sites (tertiary alicyclic amines) is 1. The quantitative estimate of drug-likeness (QED) is 0.664. The van der Waals surface area contributed by atoms with E-state index in [-0.39, 0.29) is 0 Å². The monoisotopic (exact) mass is 197 g/mol. The Balaban J connectivity index is 2.73. The second-order valence-electron chi connectivity index (χ2n) is 5.19. The van der Waals surface area contributed by atoms with Gasteiger partial charge in [-0.3, -0.25) is 4.90 Å². The first kappa shape index (κ1) is 12.0. The van der Waals surface area contributed by atoms with Crippen LogP contribution in [0.3, 0.4) is 0 Å². The summed E-state index contributed by atoms with van der Waals surface area (Å²) in [6, 6.07) is 0.843. The van der Waals surface area contributed by atoms with E-state index in [2.05, 4.69) is 39.6 Å². The predicted octanol–water partition coefficient (Wildman–Crippen LogP) is 3.69. The smallest absolute Gasteiger partial charge is 0.0182 e. The summed E-state index contributed by atoms with van der Waals surface area (Å²) in [7, 11) is 2.33. The van der Waals surface area contributed by atoms with E-state index in [9.17, 15) is 0 Å². The fourth-order valence-corrected chi connectivity index (χ4v) is 3.10. The standard InChI is InChI=1S/C13H27N/c1-6-9-12-11(7-2)10-13(4,8-3)14(12)5/h11-12H,6-10H2,1-5H3. The van der Waals surface area contributed by atoms with Gasteiger partial charge in [0.25, 0.3) is 0 Å². The Labute approximate surface area is 89.9 Å². The zero-order chi connectivity index (χ0) is 10.8. The molecule has 0 aromatic carbocycles. The molecule has 1 nitrogen and oxygen atoms in total. The molecule has 0 N–H and O–H groups in total. The molecule has 3 unspecified atom stereocenters. The van der Waals surface area contributed by atoms with Gasteiger partial charge < -0.3 is 0 Å². The van der Waals surface area contributed by atoms with Crippen LogP contribution in [-0.4, -0.2) is 23.5 Å². The molecule has 1 fully saturated rings. The number of hydrogen-bond donors (Lipinski definition) is 0. The van der Waals surface area contributed by atoms with Gasteiger partial charge in [0.05, 0.1) is 0 Å². The highest BCUT2D eigenvalue weighted by atomic mass is 15.2. The van der Waals surface area contributed by atoms with Crippen LogP contribution < -0.4 is 0 Å². The lowest BCUT2D eigenvalue weighted by Crippen LogP contribution is -2.41. The number of nitrogens with zero attached hydrogens (tertiary/aromatic N) is 1. The van der Waals surface area contributed by atoms with Gasteiger partial charge in [0, 0.05) is 11.6 Å². The average Bonchev–Trinajstić information content (AvgIpc) is 2.44. The van der Waals surface area contributed by atoms with Crippen molar-refractivity contribution in [2.24, 2.45) is 5.92 Å². The van der Waals surface area contributed by atoms with Crippen LogP contribution in [0.5, 0.6) is 0 Å². The van der Waals surface area contributed by atoms with Gasteiger partial charge in [-0.15, -0.1) is 0 Å². The third kappa shape index (κ3) is 1.98. The molecule has 0 spiro atoms. The van der Waals surface area contributed by atoms with E-state index in [1.807, 2.05) is 0 Å². The highest BCUT2D eigenvalue weighted by molar-refractivity contribution is 4.99. The lowest BCUT2D eigenvalue weighted by Gasteiger charge is -2.34. The zero-order valence-electron chi connectivity index (χ0n) is 10.6. The first-order chi connectivity index (χ1) is 6.59. The van der Waals surface area contributed by atoms with Crippen LogP contribution in [0.25, 0.3) is 0 Å². The van der Waals surface area contributed by atoms with E-state index in [1.54, 1.807) is 0 Å². The van der Waals surface area contributed by atoms with E-state index in [4.69, 9.17) is 0 Å². The molecule has 0 bridgehead atoms. The molecule has 0 aromatic rings. The van der Waals surface area contributed by atoms with E-state index in [1.165, 1.54) is 32.1 Å². The van der Waals surface area contributed by atoms with Crippen molar-refractivity contribution in [1.82, 2.24) is 4.90 Å². The molecular formula is C13H27N. The van der Waals surface area contributed by atoms with Crippen molar-refractivity contribution < 1.29 is 0 Å². The maximum absolute atomic E-state index is 2.66. The third-order valence-corrected chi connectivity index (χ3v) is 4.47. The molecule has 14 heavy (non-hydrogen) atoms. The molecule has 0 aromatic heterocycles. The summed E-state index contributed by atoms with van der Waals surface area (Å²) in [6.45, 7) is 9.42. The van der Waals surface area contributed by atoms with Crippen molar-refractivity contribution in [3.8, 4) is 0 Å². The van der Waals surface area contributed by atoms with E-state index < -0.39 is 0 Å². The molecule has 3 atom stereocenters. The van der Waals surface area contributed by atoms with Gasteiger partial charge in [0.2, 0.25) is 0 Å². The molecule has 0 amide bonds. The molecule has 1 aliphatic heterocycles. The van der Waals surface area contributed by atoms with Crippen molar-refractivity contribution in [2.45, 2.75) is 71.4 Å². The van der Waals surface area contributed by atoms with Crippen molar-refractivity contribution >= 4 is 0 Å². The third-order valence-electron chi connectivity index (χ3n) is 4.47. The normalized spacial score (nSPS) is 39.2. The molecule has 0 radical (unpaired) electrons. The minimum atomic E-state index is 0.473. The Morgan fingerprint density at radius 1 is 1.29 bits per heavy atom. The van der Waals surface area contributed by atoms with Crippen LogP contribution in [0.2, 0.25) is 0 Å². The predicted molar refractivity (Wildman–Crippen MR) is 63.6 cm³/mol. The summed E-state index contributed by atoms with van der Waals surface area (Å²) in [4.78, 5) is 2.66. The van der Waals surface area contributed by atoms with Crippen molar-refractivity contribution in [3.63, 3.8) is 0 Å². The van der Waals surface area contributed by atoms with Gasteiger partial charge in [-0.1, -0.05) is 33.6 Å². The lowest BCUT2D eigenvalue weighted by atomic mass is 9.88. The van der Waals surface area contributed by atoms with Crippen molar-refractivity contribution in [3.05, 3.63) is 0 Å². The zero-order valence-corrected chi connectivity index (χ0v) is 10.6. The molecule has 0 saturated carbocycles. The lowest BCUT2D eigenvalue weighted by molar-refractivity contribution is 0.136. The van der Waals surface area contributed by atoms with E-state index >= 15 is 0 Å². The first-order valence-corrected chi connectivity index (χ1v) is 6.32. The Hall–Kier alpha value is -0.0400. The van der Waals surface area contributed by atoms with Crippen molar-refractivity contribution in [1.29, 1.82) is 0 Å². The summed E-state index contributed by atoms with van der Waals surface area (Å²) >= 11 is 0. The summed E-state index contributed by atoms with van der Waals surface area (Å²) in [6.07, 6.45) is 6.75. The van der Waals surface area contributed by atoms with Gasteiger partial charge in [-0.05, 0) is 39.2 Å². The first-order valence-electron chi connectivity index (χ1n) is 6.32. The molecule has 1 aliphatic rings. The SMILES string of the molecule is CCCC1C(CC)CC(C)(CC)N1C. The Bertz CT molecular complexity index is 178. The molecule has 1 saturated heterocycles. The highest BCUT2D eigenvalue weighted by Crippen LogP contribution is 2.41. The summed E-state index contributed by atoms with van der Waals surface area (Å²) in [5.74, 6) is 0.935. The summed E-state index contributed by atoms with van der Waals surface area (Å²) in [5.41, 5.74) is 0.473. The Kier molecular flexibility index (Phi) is 4.00.